The van der Waals surface area contributed by atoms with Crippen LogP contribution in [0.1, 0.15) is 22.4 Å². The molecular weight excluding hydrogens is 374 g/mol. The third-order valence-corrected chi connectivity index (χ3v) is 5.11. The van der Waals surface area contributed by atoms with Gasteiger partial charge in [0.25, 0.3) is 0 Å². The summed E-state index contributed by atoms with van der Waals surface area (Å²) in [6.07, 6.45) is 4.60. The van der Waals surface area contributed by atoms with E-state index in [9.17, 15) is 0 Å². The minimum absolute atomic E-state index is 0. The van der Waals surface area contributed by atoms with Crippen molar-refractivity contribution in [3.05, 3.63) is 100 Å². The Kier molecular flexibility index (Phi) is 6.08. The lowest BCUT2D eigenvalue weighted by atomic mass is 10.1. The number of nitrogens with zero attached hydrogens (tertiary/aromatic N) is 3. The van der Waals surface area contributed by atoms with Crippen molar-refractivity contribution in [3.63, 3.8) is 0 Å². The van der Waals surface area contributed by atoms with Crippen LogP contribution in [0.25, 0.3) is 11.1 Å². The fourth-order valence-corrected chi connectivity index (χ4v) is 3.64. The van der Waals surface area contributed by atoms with Crippen molar-refractivity contribution in [3.8, 4) is 17.2 Å². The molecule has 0 saturated heterocycles. The number of benzene rings is 2. The lowest BCUT2D eigenvalue weighted by molar-refractivity contribution is 0.753. The highest BCUT2D eigenvalue weighted by Gasteiger charge is 2.06. The van der Waals surface area contributed by atoms with Gasteiger partial charge in [-0.2, -0.15) is 16.6 Å². The molecule has 2 aromatic carbocycles. The molecule has 5 heteroatoms. The molecule has 2 heterocycles. The highest BCUT2D eigenvalue weighted by molar-refractivity contribution is 7.08. The Morgan fingerprint density at radius 3 is 2.33 bits per heavy atom. The van der Waals surface area contributed by atoms with Crippen LogP contribution < -0.4 is 0 Å². The summed E-state index contributed by atoms with van der Waals surface area (Å²) in [6.45, 7) is 0.801. The molecule has 27 heavy (non-hydrogen) atoms. The van der Waals surface area contributed by atoms with Crippen LogP contribution >= 0.6 is 23.7 Å². The average molecular weight is 392 g/mol. The molecule has 4 rings (SSSR count). The van der Waals surface area contributed by atoms with Crippen LogP contribution in [-0.2, 0) is 13.0 Å². The summed E-state index contributed by atoms with van der Waals surface area (Å²) in [4.78, 5) is 4.32. The van der Waals surface area contributed by atoms with Crippen molar-refractivity contribution < 1.29 is 0 Å². The number of imidazole rings is 1. The van der Waals surface area contributed by atoms with E-state index in [4.69, 9.17) is 5.26 Å². The lowest BCUT2D eigenvalue weighted by Crippen LogP contribution is -2.04. The van der Waals surface area contributed by atoms with Crippen LogP contribution in [0.3, 0.4) is 0 Å². The fraction of sp³-hybridized carbons (Fsp3) is 0.0909. The minimum atomic E-state index is 0. The van der Waals surface area contributed by atoms with Crippen molar-refractivity contribution in [2.24, 2.45) is 0 Å². The van der Waals surface area contributed by atoms with Crippen LogP contribution in [0.15, 0.2) is 77.9 Å². The third kappa shape index (κ3) is 4.46. The third-order valence-electron chi connectivity index (χ3n) is 4.43. The van der Waals surface area contributed by atoms with Crippen molar-refractivity contribution in [2.75, 3.05) is 0 Å². The van der Waals surface area contributed by atoms with E-state index in [-0.39, 0.29) is 12.4 Å². The van der Waals surface area contributed by atoms with Crippen molar-refractivity contribution in [1.82, 2.24) is 9.55 Å². The number of hydrogen-bond acceptors (Lipinski definition) is 3. The maximum Gasteiger partial charge on any atom is 0.0991 e. The van der Waals surface area contributed by atoms with Gasteiger partial charge in [0.05, 0.1) is 18.0 Å². The Balaban J connectivity index is 0.00000210. The van der Waals surface area contributed by atoms with Crippen LogP contribution in [0.5, 0.6) is 0 Å². The first-order chi connectivity index (χ1) is 12.8. The summed E-state index contributed by atoms with van der Waals surface area (Å²) in [5.74, 6) is 0. The number of halogens is 1. The molecule has 0 fully saturated rings. The van der Waals surface area contributed by atoms with Crippen LogP contribution in [0.4, 0.5) is 0 Å². The van der Waals surface area contributed by atoms with E-state index in [2.05, 4.69) is 56.7 Å². The highest BCUT2D eigenvalue weighted by Crippen LogP contribution is 2.22. The minimum Gasteiger partial charge on any atom is -0.330 e. The maximum atomic E-state index is 8.91. The summed E-state index contributed by atoms with van der Waals surface area (Å²) in [7, 11) is 0. The van der Waals surface area contributed by atoms with Crippen LogP contribution in [-0.4, -0.2) is 9.55 Å². The second kappa shape index (κ2) is 8.68. The predicted molar refractivity (Wildman–Crippen MR) is 112 cm³/mol. The molecule has 0 saturated carbocycles. The van der Waals surface area contributed by atoms with Gasteiger partial charge in [-0.25, -0.2) is 4.98 Å². The Labute approximate surface area is 169 Å². The molecule has 2 aromatic heterocycles. The number of aromatic nitrogens is 2. The van der Waals surface area contributed by atoms with Crippen molar-refractivity contribution in [2.45, 2.75) is 13.0 Å². The van der Waals surface area contributed by atoms with Gasteiger partial charge in [-0.15, -0.1) is 12.4 Å². The van der Waals surface area contributed by atoms with Gasteiger partial charge in [-0.05, 0) is 51.2 Å². The van der Waals surface area contributed by atoms with E-state index in [1.54, 1.807) is 11.3 Å². The number of thiophene rings is 1. The monoisotopic (exact) mass is 391 g/mol. The molecule has 134 valence electrons. The number of hydrogen-bond donors (Lipinski definition) is 0. The van der Waals surface area contributed by atoms with Crippen molar-refractivity contribution >= 4 is 23.7 Å². The molecule has 0 aliphatic rings. The summed E-state index contributed by atoms with van der Waals surface area (Å²) >= 11 is 1.72. The first-order valence-electron chi connectivity index (χ1n) is 8.41. The zero-order valence-electron chi connectivity index (χ0n) is 14.6. The van der Waals surface area contributed by atoms with Gasteiger partial charge < -0.3 is 4.57 Å². The largest absolute Gasteiger partial charge is 0.330 e. The molecule has 4 aromatic rings. The molecule has 0 unspecified atom stereocenters. The molecule has 0 spiro atoms. The van der Waals surface area contributed by atoms with Gasteiger partial charge in [0.2, 0.25) is 0 Å². The van der Waals surface area contributed by atoms with Crippen LogP contribution in [0.2, 0.25) is 0 Å². The SMILES string of the molecule is Cl.N#Cc1ccc(Cc2cncn2Cc2ccc(-c3ccsc3)cc2)cc1. The lowest BCUT2D eigenvalue weighted by Gasteiger charge is -2.09. The van der Waals surface area contributed by atoms with Gasteiger partial charge in [0, 0.05) is 24.9 Å². The van der Waals surface area contributed by atoms with E-state index in [0.29, 0.717) is 5.56 Å². The average Bonchev–Trinajstić information content (AvgIpc) is 3.36. The van der Waals surface area contributed by atoms with Gasteiger partial charge in [0.15, 0.2) is 0 Å². The predicted octanol–water partition coefficient (Wildman–Crippen LogP) is 5.54. The molecule has 0 aliphatic carbocycles. The molecule has 0 atom stereocenters. The first kappa shape index (κ1) is 18.9. The zero-order valence-corrected chi connectivity index (χ0v) is 16.2. The van der Waals surface area contributed by atoms with Crippen LogP contribution in [0, 0.1) is 11.3 Å². The molecule has 0 bridgehead atoms. The van der Waals surface area contributed by atoms with Crippen molar-refractivity contribution in [1.29, 1.82) is 5.26 Å². The number of nitriles is 1. The molecular formula is C22H18ClN3S. The second-order valence-corrected chi connectivity index (χ2v) is 6.99. The maximum absolute atomic E-state index is 8.91. The van der Waals surface area contributed by atoms with E-state index in [0.717, 1.165) is 18.7 Å². The van der Waals surface area contributed by atoms with E-state index < -0.39 is 0 Å². The Hall–Kier alpha value is -2.87. The Morgan fingerprint density at radius 1 is 0.926 bits per heavy atom. The molecule has 0 N–H and O–H groups in total. The van der Waals surface area contributed by atoms with Gasteiger partial charge >= 0.3 is 0 Å². The second-order valence-electron chi connectivity index (χ2n) is 6.21. The van der Waals surface area contributed by atoms with E-state index >= 15 is 0 Å². The summed E-state index contributed by atoms with van der Waals surface area (Å²) in [5.41, 5.74) is 6.80. The van der Waals surface area contributed by atoms with Gasteiger partial charge in [-0.3, -0.25) is 0 Å². The number of rotatable bonds is 5. The first-order valence-corrected chi connectivity index (χ1v) is 9.36. The summed E-state index contributed by atoms with van der Waals surface area (Å²) in [5, 5.41) is 13.2. The van der Waals surface area contributed by atoms with Gasteiger partial charge in [-0.1, -0.05) is 36.4 Å². The Morgan fingerprint density at radius 2 is 1.67 bits per heavy atom. The highest BCUT2D eigenvalue weighted by atomic mass is 35.5. The van der Waals surface area contributed by atoms with E-state index in [1.165, 1.54) is 22.3 Å². The molecule has 0 aliphatic heterocycles. The Bertz CT molecular complexity index is 1030. The summed E-state index contributed by atoms with van der Waals surface area (Å²) in [6, 6.07) is 20.7. The molecule has 3 nitrogen and oxygen atoms in total. The summed E-state index contributed by atoms with van der Waals surface area (Å²) < 4.78 is 2.18. The zero-order chi connectivity index (χ0) is 17.8. The van der Waals surface area contributed by atoms with Gasteiger partial charge in [0.1, 0.15) is 0 Å². The molecule has 0 amide bonds. The standard InChI is InChI=1S/C22H17N3S.ClH/c23-12-18-3-1-17(2-4-18)11-22-13-24-16-25(22)14-19-5-7-20(8-6-19)21-9-10-26-15-21;/h1-10,13,15-16H,11,14H2;1H. The fourth-order valence-electron chi connectivity index (χ4n) is 2.97. The molecule has 0 radical (unpaired) electrons. The van der Waals surface area contributed by atoms with E-state index in [1.807, 2.05) is 36.8 Å². The topological polar surface area (TPSA) is 41.6 Å². The quantitative estimate of drug-likeness (QED) is 0.448. The smallest absolute Gasteiger partial charge is 0.0991 e. The normalized spacial score (nSPS) is 10.2.